The Hall–Kier alpha value is -4.08. The lowest BCUT2D eigenvalue weighted by molar-refractivity contribution is -0.140. The number of carbonyl (C=O) groups excluding carboxylic acids is 2. The second kappa shape index (κ2) is 12.1. The van der Waals surface area contributed by atoms with E-state index in [1.807, 2.05) is 6.79 Å². The van der Waals surface area contributed by atoms with E-state index < -0.39 is 40.7 Å². The zero-order valence-electron chi connectivity index (χ0n) is 17.4. The molecule has 0 aliphatic rings. The van der Waals surface area contributed by atoms with Crippen LogP contribution in [-0.2, 0) is 11.0 Å². The molecule has 33 heavy (non-hydrogen) atoms. The maximum absolute atomic E-state index is 14.7. The normalized spacial score (nSPS) is 10.1. The van der Waals surface area contributed by atoms with Crippen LogP contribution in [0.3, 0.4) is 0 Å². The lowest BCUT2D eigenvalue weighted by Gasteiger charge is -2.16. The van der Waals surface area contributed by atoms with Gasteiger partial charge in [0, 0.05) is 7.11 Å². The monoisotopic (exact) mass is 468 g/mol. The smallest absolute Gasteiger partial charge is 0.419 e. The van der Waals surface area contributed by atoms with Crippen LogP contribution in [0.15, 0.2) is 67.8 Å². The Balaban J connectivity index is 0.00000207. The fourth-order valence-electron chi connectivity index (χ4n) is 2.53. The lowest BCUT2D eigenvalue weighted by atomic mass is 10.1. The number of hydrogen-bond donors (Lipinski definition) is 1. The molecule has 0 aliphatic carbocycles. The molecule has 0 saturated carbocycles. The largest absolute Gasteiger partial charge is 0.455 e. The first-order valence-electron chi connectivity index (χ1n) is 9.03. The predicted octanol–water partition coefficient (Wildman–Crippen LogP) is 6.59. The number of pyridine rings is 1. The molecule has 0 fully saturated rings. The van der Waals surface area contributed by atoms with Gasteiger partial charge in [-0.1, -0.05) is 18.2 Å². The van der Waals surface area contributed by atoms with Crippen molar-refractivity contribution in [2.45, 2.75) is 13.1 Å². The van der Waals surface area contributed by atoms with Gasteiger partial charge in [-0.3, -0.25) is 4.79 Å². The number of aromatic nitrogens is 1. The second-order valence-electron chi connectivity index (χ2n) is 5.94. The predicted molar refractivity (Wildman–Crippen MR) is 115 cm³/mol. The zero-order chi connectivity index (χ0) is 25.2. The molecule has 2 aromatic carbocycles. The molecule has 1 amide bonds. The molecule has 1 aromatic heterocycles. The molecule has 0 spiro atoms. The highest BCUT2D eigenvalue weighted by atomic mass is 19.4. The number of nitrogens with zero attached hydrogens (tertiary/aromatic N) is 1. The standard InChI is InChI=1S/C20H13F5N2O2.C2H4.CH2O.H2/c1-11-14(9-10-16(21)26-11)29-15-8-7-13(20(23,24)25)18(22)17(15)19(28)27-12-5-3-2-4-6-12;2*1-2;/h2-10H,1H3,(H,27,28);1-2H2;1H2;1H. The van der Waals surface area contributed by atoms with Crippen LogP contribution < -0.4 is 10.1 Å². The van der Waals surface area contributed by atoms with Crippen molar-refractivity contribution in [2.24, 2.45) is 0 Å². The van der Waals surface area contributed by atoms with E-state index >= 15 is 0 Å². The maximum atomic E-state index is 14.7. The minimum atomic E-state index is -5.02. The zero-order valence-corrected chi connectivity index (χ0v) is 17.4. The van der Waals surface area contributed by atoms with Crippen LogP contribution in [0.4, 0.5) is 27.6 Å². The lowest BCUT2D eigenvalue weighted by Crippen LogP contribution is -2.18. The van der Waals surface area contributed by atoms with Crippen molar-refractivity contribution >= 4 is 18.4 Å². The van der Waals surface area contributed by atoms with Crippen molar-refractivity contribution in [1.29, 1.82) is 0 Å². The fraction of sp³-hybridized carbons (Fsp3) is 0.0870. The number of alkyl halides is 3. The number of anilines is 1. The third kappa shape index (κ3) is 6.96. The number of hydrogen-bond acceptors (Lipinski definition) is 4. The molecule has 3 aromatic rings. The van der Waals surface area contributed by atoms with Gasteiger partial charge in [0.1, 0.15) is 23.9 Å². The van der Waals surface area contributed by atoms with Gasteiger partial charge in [0.25, 0.3) is 5.91 Å². The summed E-state index contributed by atoms with van der Waals surface area (Å²) in [6.07, 6.45) is -5.02. The van der Waals surface area contributed by atoms with Crippen LogP contribution in [0.1, 0.15) is 23.0 Å². The molecule has 1 N–H and O–H groups in total. The molecule has 0 aliphatic heterocycles. The molecular formula is C23H21F5N2O3. The Kier molecular flexibility index (Phi) is 9.87. The van der Waals surface area contributed by atoms with E-state index in [0.717, 1.165) is 12.1 Å². The summed E-state index contributed by atoms with van der Waals surface area (Å²) in [4.78, 5) is 24.1. The molecule has 0 unspecified atom stereocenters. The molecule has 0 atom stereocenters. The minimum absolute atomic E-state index is 0. The Bertz CT molecular complexity index is 1090. The van der Waals surface area contributed by atoms with E-state index in [9.17, 15) is 26.7 Å². The van der Waals surface area contributed by atoms with E-state index in [1.165, 1.54) is 25.1 Å². The number of nitrogens with one attached hydrogen (secondary N) is 1. The van der Waals surface area contributed by atoms with Gasteiger partial charge in [-0.05, 0) is 43.3 Å². The first-order valence-corrected chi connectivity index (χ1v) is 9.03. The van der Waals surface area contributed by atoms with Crippen molar-refractivity contribution < 1.29 is 37.7 Å². The van der Waals surface area contributed by atoms with Gasteiger partial charge in [-0.25, -0.2) is 9.37 Å². The highest BCUT2D eigenvalue weighted by Gasteiger charge is 2.37. The molecular weight excluding hydrogens is 447 g/mol. The number of carbonyl (C=O) groups is 2. The Morgan fingerprint density at radius 2 is 1.55 bits per heavy atom. The molecule has 0 radical (unpaired) electrons. The summed E-state index contributed by atoms with van der Waals surface area (Å²) in [5, 5.41) is 2.33. The van der Waals surface area contributed by atoms with Crippen molar-refractivity contribution in [2.75, 3.05) is 5.32 Å². The summed E-state index contributed by atoms with van der Waals surface area (Å²) in [7, 11) is 0. The van der Waals surface area contributed by atoms with Crippen molar-refractivity contribution in [3.05, 3.63) is 96.3 Å². The van der Waals surface area contributed by atoms with Crippen molar-refractivity contribution in [1.82, 2.24) is 4.98 Å². The van der Waals surface area contributed by atoms with Gasteiger partial charge in [0.2, 0.25) is 5.95 Å². The summed E-state index contributed by atoms with van der Waals surface area (Å²) < 4.78 is 72.7. The van der Waals surface area contributed by atoms with E-state index in [-0.39, 0.29) is 18.6 Å². The summed E-state index contributed by atoms with van der Waals surface area (Å²) in [5.41, 5.74) is -2.23. The summed E-state index contributed by atoms with van der Waals surface area (Å²) >= 11 is 0. The third-order valence-corrected chi connectivity index (χ3v) is 3.89. The summed E-state index contributed by atoms with van der Waals surface area (Å²) in [6, 6.07) is 11.2. The minimum Gasteiger partial charge on any atom is -0.455 e. The van der Waals surface area contributed by atoms with Gasteiger partial charge in [0.15, 0.2) is 5.82 Å². The summed E-state index contributed by atoms with van der Waals surface area (Å²) in [5.74, 6) is -4.23. The second-order valence-corrected chi connectivity index (χ2v) is 5.94. The Morgan fingerprint density at radius 3 is 2.09 bits per heavy atom. The SMILES string of the molecule is C=C.C=O.Cc1nc(F)ccc1Oc1ccc(C(F)(F)F)c(F)c1C(=O)Nc1ccccc1.[HH]. The van der Waals surface area contributed by atoms with Crippen LogP contribution in [0, 0.1) is 18.7 Å². The number of amides is 1. The van der Waals surface area contributed by atoms with Crippen LogP contribution in [0.5, 0.6) is 11.5 Å². The molecule has 176 valence electrons. The first kappa shape index (κ1) is 27.0. The van der Waals surface area contributed by atoms with Crippen molar-refractivity contribution in [3.63, 3.8) is 0 Å². The number of halogens is 5. The van der Waals surface area contributed by atoms with Crippen LogP contribution in [0.2, 0.25) is 0 Å². The topological polar surface area (TPSA) is 68.3 Å². The Morgan fingerprint density at radius 1 is 0.970 bits per heavy atom. The molecule has 0 saturated heterocycles. The highest BCUT2D eigenvalue weighted by Crippen LogP contribution is 2.37. The van der Waals surface area contributed by atoms with Gasteiger partial charge < -0.3 is 14.8 Å². The fourth-order valence-corrected chi connectivity index (χ4v) is 2.53. The average molecular weight is 468 g/mol. The highest BCUT2D eigenvalue weighted by molar-refractivity contribution is 6.06. The van der Waals surface area contributed by atoms with E-state index in [1.54, 1.807) is 18.2 Å². The quantitative estimate of drug-likeness (QED) is 0.266. The van der Waals surface area contributed by atoms with Gasteiger partial charge in [-0.2, -0.15) is 17.6 Å². The number of para-hydroxylation sites is 1. The molecule has 5 nitrogen and oxygen atoms in total. The molecule has 3 rings (SSSR count). The number of ether oxygens (including phenoxy) is 1. The number of benzene rings is 2. The molecule has 0 bridgehead atoms. The molecule has 1 heterocycles. The van der Waals surface area contributed by atoms with E-state index in [4.69, 9.17) is 9.53 Å². The number of aryl methyl sites for hydroxylation is 1. The molecule has 10 heteroatoms. The Labute approximate surface area is 188 Å². The van der Waals surface area contributed by atoms with E-state index in [2.05, 4.69) is 23.5 Å². The first-order chi connectivity index (χ1) is 15.7. The third-order valence-electron chi connectivity index (χ3n) is 3.89. The van der Waals surface area contributed by atoms with Crippen molar-refractivity contribution in [3.8, 4) is 11.5 Å². The van der Waals surface area contributed by atoms with Gasteiger partial charge in [-0.15, -0.1) is 13.2 Å². The van der Waals surface area contributed by atoms with Crippen LogP contribution in [0.25, 0.3) is 0 Å². The van der Waals surface area contributed by atoms with Crippen LogP contribution in [-0.4, -0.2) is 17.7 Å². The maximum Gasteiger partial charge on any atom is 0.419 e. The van der Waals surface area contributed by atoms with Crippen LogP contribution >= 0.6 is 0 Å². The van der Waals surface area contributed by atoms with E-state index in [0.29, 0.717) is 6.07 Å². The summed E-state index contributed by atoms with van der Waals surface area (Å²) in [6.45, 7) is 9.39. The van der Waals surface area contributed by atoms with Gasteiger partial charge in [0.05, 0.1) is 11.3 Å². The van der Waals surface area contributed by atoms with Gasteiger partial charge >= 0.3 is 6.18 Å². The number of rotatable bonds is 4. The average Bonchev–Trinajstić information content (AvgIpc) is 2.78.